The average Bonchev–Trinajstić information content (AvgIpc) is 2.58. The summed E-state index contributed by atoms with van der Waals surface area (Å²) >= 11 is 23.1. The van der Waals surface area contributed by atoms with Gasteiger partial charge >= 0.3 is 6.03 Å². The smallest absolute Gasteiger partial charge is 0.318 e. The van der Waals surface area contributed by atoms with E-state index in [1.54, 1.807) is 14.1 Å². The maximum absolute atomic E-state index is 11.8. The van der Waals surface area contributed by atoms with E-state index in [0.717, 1.165) is 12.1 Å². The Morgan fingerprint density at radius 3 is 2.26 bits per heavy atom. The number of hydrogen-bond acceptors (Lipinski definition) is 2. The molecule has 0 aromatic heterocycles. The molecule has 9 heteroatoms. The zero-order chi connectivity index (χ0) is 20.4. The number of unbranched alkanes of at least 4 members (excludes halogenated alkanes) is 3. The first-order valence-electron chi connectivity index (χ1n) is 8.84. The normalized spacial score (nSPS) is 12.2. The van der Waals surface area contributed by atoms with Crippen molar-refractivity contribution in [3.63, 3.8) is 0 Å². The third-order valence-electron chi connectivity index (χ3n) is 3.81. The lowest BCUT2D eigenvalue weighted by atomic mass is 10.1. The predicted molar refractivity (Wildman–Crippen MR) is 120 cm³/mol. The molecule has 0 aliphatic rings. The third-order valence-corrected chi connectivity index (χ3v) is 4.68. The van der Waals surface area contributed by atoms with Gasteiger partial charge < -0.3 is 20.9 Å². The van der Waals surface area contributed by atoms with E-state index < -0.39 is 16.0 Å². The summed E-state index contributed by atoms with van der Waals surface area (Å²) in [6.45, 7) is 2.20. The molecule has 0 radical (unpaired) electrons. The molecule has 1 rings (SSSR count). The van der Waals surface area contributed by atoms with Crippen molar-refractivity contribution in [2.45, 2.75) is 49.0 Å². The predicted octanol–water partition coefficient (Wildman–Crippen LogP) is 5.06. The minimum atomic E-state index is -1.78. The number of rotatable bonds is 8. The number of alkyl halides is 3. The molecule has 0 bridgehead atoms. The van der Waals surface area contributed by atoms with Gasteiger partial charge in [0.2, 0.25) is 3.79 Å². The number of amides is 2. The number of carbonyl (C=O) groups excluding carboxylic acids is 1. The van der Waals surface area contributed by atoms with Crippen molar-refractivity contribution in [1.29, 1.82) is 0 Å². The molecule has 1 aromatic rings. The van der Waals surface area contributed by atoms with Crippen LogP contribution in [0.5, 0.6) is 0 Å². The molecule has 2 amide bonds. The molecule has 0 aliphatic carbocycles. The lowest BCUT2D eigenvalue weighted by Gasteiger charge is -2.28. The topological polar surface area (TPSA) is 56.4 Å². The molecular weight excluding hydrogens is 427 g/mol. The summed E-state index contributed by atoms with van der Waals surface area (Å²) in [6, 6.07) is 7.63. The number of carbonyl (C=O) groups is 1. The summed E-state index contributed by atoms with van der Waals surface area (Å²) in [7, 11) is 3.18. The van der Waals surface area contributed by atoms with E-state index in [-0.39, 0.29) is 5.11 Å². The third kappa shape index (κ3) is 9.70. The van der Waals surface area contributed by atoms with E-state index in [1.165, 1.54) is 36.1 Å². The van der Waals surface area contributed by atoms with Crippen LogP contribution in [0.15, 0.2) is 24.3 Å². The Morgan fingerprint density at radius 1 is 1.11 bits per heavy atom. The number of anilines is 1. The first-order chi connectivity index (χ1) is 12.6. The Morgan fingerprint density at radius 2 is 1.74 bits per heavy atom. The molecule has 1 aromatic carbocycles. The number of aryl methyl sites for hydroxylation is 1. The minimum Gasteiger partial charge on any atom is -0.339 e. The number of halogens is 3. The van der Waals surface area contributed by atoms with Gasteiger partial charge in [0, 0.05) is 19.8 Å². The van der Waals surface area contributed by atoms with Crippen LogP contribution in [0.3, 0.4) is 0 Å². The number of nitrogens with one attached hydrogen (secondary N) is 3. The van der Waals surface area contributed by atoms with Gasteiger partial charge in [-0.2, -0.15) is 0 Å². The minimum absolute atomic E-state index is 0.237. The van der Waals surface area contributed by atoms with Crippen LogP contribution in [0.4, 0.5) is 10.5 Å². The summed E-state index contributed by atoms with van der Waals surface area (Å²) in [4.78, 5) is 13.2. The maximum Gasteiger partial charge on any atom is 0.318 e. The van der Waals surface area contributed by atoms with Gasteiger partial charge in [-0.1, -0.05) is 73.1 Å². The Bertz CT molecular complexity index is 606. The fraction of sp³-hybridized carbons (Fsp3) is 0.556. The molecular formula is C18H27Cl3N4OS. The van der Waals surface area contributed by atoms with Gasteiger partial charge in [-0.15, -0.1) is 0 Å². The van der Waals surface area contributed by atoms with Crippen LogP contribution in [0.1, 0.15) is 38.2 Å². The van der Waals surface area contributed by atoms with Gasteiger partial charge in [0.1, 0.15) is 0 Å². The van der Waals surface area contributed by atoms with E-state index >= 15 is 0 Å². The van der Waals surface area contributed by atoms with Gasteiger partial charge in [-0.25, -0.2) is 4.79 Å². The first-order valence-corrected chi connectivity index (χ1v) is 10.4. The van der Waals surface area contributed by atoms with Gasteiger partial charge in [0.15, 0.2) is 11.3 Å². The van der Waals surface area contributed by atoms with E-state index in [4.69, 9.17) is 47.0 Å². The lowest BCUT2D eigenvalue weighted by Crippen LogP contribution is -2.57. The monoisotopic (exact) mass is 452 g/mol. The highest BCUT2D eigenvalue weighted by Gasteiger charge is 2.35. The molecule has 0 saturated carbocycles. The van der Waals surface area contributed by atoms with Crippen LogP contribution in [0, 0.1) is 0 Å². The van der Waals surface area contributed by atoms with E-state index in [2.05, 4.69) is 35.0 Å². The number of thiocarbonyl (C=S) groups is 1. The van der Waals surface area contributed by atoms with Gasteiger partial charge in [-0.05, 0) is 42.8 Å². The highest BCUT2D eigenvalue weighted by Crippen LogP contribution is 2.29. The van der Waals surface area contributed by atoms with Crippen molar-refractivity contribution >= 4 is 63.9 Å². The van der Waals surface area contributed by atoms with Crippen molar-refractivity contribution in [3.8, 4) is 0 Å². The zero-order valence-corrected chi connectivity index (χ0v) is 18.9. The number of benzene rings is 1. The second-order valence-corrected chi connectivity index (χ2v) is 9.20. The van der Waals surface area contributed by atoms with E-state index in [9.17, 15) is 4.79 Å². The fourth-order valence-corrected chi connectivity index (χ4v) is 2.82. The molecule has 0 heterocycles. The van der Waals surface area contributed by atoms with E-state index in [0.29, 0.717) is 0 Å². The summed E-state index contributed by atoms with van der Waals surface area (Å²) in [5, 5.41) is 8.66. The Hall–Kier alpha value is -0.950. The number of urea groups is 1. The lowest BCUT2D eigenvalue weighted by molar-refractivity contribution is 0.212. The number of hydrogen-bond donors (Lipinski definition) is 3. The van der Waals surface area contributed by atoms with Crippen LogP contribution in [0.25, 0.3) is 0 Å². The number of nitrogens with zero attached hydrogens (tertiary/aromatic N) is 1. The maximum atomic E-state index is 11.8. The summed E-state index contributed by atoms with van der Waals surface area (Å²) in [5.41, 5.74) is 2.10. The molecule has 0 unspecified atom stereocenters. The molecule has 0 saturated heterocycles. The second kappa shape index (κ2) is 11.8. The van der Waals surface area contributed by atoms with Crippen LogP contribution in [-0.2, 0) is 6.42 Å². The van der Waals surface area contributed by atoms with Crippen molar-refractivity contribution < 1.29 is 4.79 Å². The van der Waals surface area contributed by atoms with Gasteiger partial charge in [-0.3, -0.25) is 0 Å². The average molecular weight is 454 g/mol. The van der Waals surface area contributed by atoms with Crippen molar-refractivity contribution in [2.24, 2.45) is 0 Å². The highest BCUT2D eigenvalue weighted by molar-refractivity contribution is 7.80. The molecule has 5 nitrogen and oxygen atoms in total. The summed E-state index contributed by atoms with van der Waals surface area (Å²) in [5.74, 6) is 0. The highest BCUT2D eigenvalue weighted by atomic mass is 35.6. The van der Waals surface area contributed by atoms with Crippen molar-refractivity contribution in [2.75, 3.05) is 19.4 Å². The zero-order valence-electron chi connectivity index (χ0n) is 15.8. The summed E-state index contributed by atoms with van der Waals surface area (Å²) in [6.07, 6.45) is 5.02. The quantitative estimate of drug-likeness (QED) is 0.223. The molecule has 27 heavy (non-hydrogen) atoms. The fourth-order valence-electron chi connectivity index (χ4n) is 2.26. The molecule has 0 spiro atoms. The Labute approximate surface area is 182 Å². The first kappa shape index (κ1) is 24.1. The Kier molecular flexibility index (Phi) is 10.5. The molecule has 0 aliphatic heterocycles. The van der Waals surface area contributed by atoms with Gasteiger partial charge in [0.05, 0.1) is 0 Å². The second-order valence-electron chi connectivity index (χ2n) is 6.42. The molecule has 1 atom stereocenters. The van der Waals surface area contributed by atoms with Crippen molar-refractivity contribution in [3.05, 3.63) is 29.8 Å². The van der Waals surface area contributed by atoms with Crippen molar-refractivity contribution in [1.82, 2.24) is 15.5 Å². The Balaban J connectivity index is 2.59. The molecule has 152 valence electrons. The van der Waals surface area contributed by atoms with Crippen LogP contribution >= 0.6 is 47.0 Å². The van der Waals surface area contributed by atoms with Gasteiger partial charge in [0.25, 0.3) is 0 Å². The molecule has 3 N–H and O–H groups in total. The van der Waals surface area contributed by atoms with Crippen LogP contribution in [-0.4, -0.2) is 40.1 Å². The SMILES string of the molecule is CCCCCCc1ccc(NC(=S)N[C@@H](NC(=O)N(C)C)C(Cl)(Cl)Cl)cc1. The molecule has 0 fully saturated rings. The van der Waals surface area contributed by atoms with E-state index in [1.807, 2.05) is 12.1 Å². The summed E-state index contributed by atoms with van der Waals surface area (Å²) < 4.78 is -1.78. The largest absolute Gasteiger partial charge is 0.339 e. The van der Waals surface area contributed by atoms with Crippen LogP contribution in [0.2, 0.25) is 0 Å². The van der Waals surface area contributed by atoms with Crippen LogP contribution < -0.4 is 16.0 Å². The standard InChI is InChI=1S/C18H27Cl3N4OS/c1-4-5-6-7-8-13-9-11-14(12-10-13)22-16(27)23-15(18(19,20)21)24-17(26)25(2)3/h9-12,15H,4-8H2,1-3H3,(H,24,26)(H2,22,23,27)/t15-/m0/s1.